The van der Waals surface area contributed by atoms with E-state index in [4.69, 9.17) is 9.26 Å². The van der Waals surface area contributed by atoms with E-state index in [1.807, 2.05) is 18.7 Å². The quantitative estimate of drug-likeness (QED) is 0.406. The minimum Gasteiger partial charge on any atom is -0.465 e. The van der Waals surface area contributed by atoms with Gasteiger partial charge in [-0.2, -0.15) is 4.98 Å². The molecule has 1 heterocycles. The van der Waals surface area contributed by atoms with Gasteiger partial charge in [-0.3, -0.25) is 19.8 Å². The molecule has 9 nitrogen and oxygen atoms in total. The van der Waals surface area contributed by atoms with Gasteiger partial charge in [-0.15, -0.1) is 0 Å². The molecule has 0 unspecified atom stereocenters. The maximum atomic E-state index is 11.7. The van der Waals surface area contributed by atoms with Crippen molar-refractivity contribution in [3.63, 3.8) is 0 Å². The lowest BCUT2D eigenvalue weighted by Crippen LogP contribution is -2.36. The van der Waals surface area contributed by atoms with Crippen molar-refractivity contribution >= 4 is 11.7 Å². The summed E-state index contributed by atoms with van der Waals surface area (Å²) in [6.07, 6.45) is 0. The van der Waals surface area contributed by atoms with Crippen LogP contribution in [0, 0.1) is 10.1 Å². The van der Waals surface area contributed by atoms with Gasteiger partial charge in [-0.1, -0.05) is 17.3 Å². The van der Waals surface area contributed by atoms with Gasteiger partial charge in [0.05, 0.1) is 24.6 Å². The second-order valence-electron chi connectivity index (χ2n) is 5.62. The van der Waals surface area contributed by atoms with E-state index in [2.05, 4.69) is 10.1 Å². The number of ether oxygens (including phenoxy) is 1. The van der Waals surface area contributed by atoms with E-state index in [-0.39, 0.29) is 36.6 Å². The molecule has 1 aromatic heterocycles. The van der Waals surface area contributed by atoms with Gasteiger partial charge in [0.2, 0.25) is 11.7 Å². The minimum absolute atomic E-state index is 0.0463. The van der Waals surface area contributed by atoms with E-state index >= 15 is 0 Å². The Balaban J connectivity index is 2.13. The summed E-state index contributed by atoms with van der Waals surface area (Å²) in [5, 5.41) is 14.7. The number of benzene rings is 1. The predicted molar refractivity (Wildman–Crippen MR) is 88.6 cm³/mol. The van der Waals surface area contributed by atoms with Crippen LogP contribution in [0.5, 0.6) is 0 Å². The number of carbonyl (C=O) groups excluding carboxylic acids is 1. The predicted octanol–water partition coefficient (Wildman–Crippen LogP) is 2.42. The summed E-state index contributed by atoms with van der Waals surface area (Å²) in [7, 11) is 0. The van der Waals surface area contributed by atoms with Crippen molar-refractivity contribution < 1.29 is 19.0 Å². The topological polar surface area (TPSA) is 112 Å². The summed E-state index contributed by atoms with van der Waals surface area (Å²) in [6.45, 7) is 6.34. The highest BCUT2D eigenvalue weighted by molar-refractivity contribution is 5.71. The molecule has 0 fully saturated rings. The second kappa shape index (κ2) is 8.34. The molecule has 0 saturated heterocycles. The lowest BCUT2D eigenvalue weighted by atomic mass is 10.2. The fraction of sp³-hybridized carbons (Fsp3) is 0.438. The molecule has 25 heavy (non-hydrogen) atoms. The van der Waals surface area contributed by atoms with Crippen molar-refractivity contribution in [2.24, 2.45) is 0 Å². The first-order valence-electron chi connectivity index (χ1n) is 7.87. The van der Waals surface area contributed by atoms with Crippen molar-refractivity contribution in [3.8, 4) is 11.4 Å². The molecule has 0 saturated carbocycles. The first-order chi connectivity index (χ1) is 11.9. The molecule has 0 aliphatic carbocycles. The molecule has 2 aromatic rings. The molecule has 0 N–H and O–H groups in total. The number of carbonyl (C=O) groups is 1. The minimum atomic E-state index is -0.482. The zero-order valence-corrected chi connectivity index (χ0v) is 14.3. The monoisotopic (exact) mass is 348 g/mol. The molecule has 134 valence electrons. The number of nitro benzene ring substituents is 1. The average molecular weight is 348 g/mol. The molecule has 0 amide bonds. The zero-order chi connectivity index (χ0) is 18.4. The number of non-ortho nitro benzene ring substituents is 1. The van der Waals surface area contributed by atoms with Crippen molar-refractivity contribution in [1.82, 2.24) is 15.0 Å². The molecule has 0 spiro atoms. The highest BCUT2D eigenvalue weighted by Gasteiger charge is 2.19. The maximum absolute atomic E-state index is 11.7. The van der Waals surface area contributed by atoms with Gasteiger partial charge in [-0.05, 0) is 20.8 Å². The van der Waals surface area contributed by atoms with E-state index in [0.29, 0.717) is 18.1 Å². The third-order valence-corrected chi connectivity index (χ3v) is 3.49. The molecule has 0 aliphatic heterocycles. The smallest absolute Gasteiger partial charge is 0.320 e. The van der Waals surface area contributed by atoms with Crippen LogP contribution in [0.15, 0.2) is 28.8 Å². The Morgan fingerprint density at radius 1 is 1.44 bits per heavy atom. The SMILES string of the molecule is CCOC(=O)CN(Cc1nc(-c2cccc([N+](=O)[O-])c2)no1)C(C)C. The molecule has 1 aromatic carbocycles. The number of rotatable bonds is 8. The zero-order valence-electron chi connectivity index (χ0n) is 14.3. The second-order valence-corrected chi connectivity index (χ2v) is 5.62. The van der Waals surface area contributed by atoms with Crippen LogP contribution in [0.25, 0.3) is 11.4 Å². The Kier molecular flexibility index (Phi) is 6.18. The van der Waals surface area contributed by atoms with Crippen LogP contribution in [-0.2, 0) is 16.1 Å². The fourth-order valence-electron chi connectivity index (χ4n) is 2.16. The number of nitro groups is 1. The normalized spacial score (nSPS) is 11.1. The number of nitrogens with zero attached hydrogens (tertiary/aromatic N) is 4. The Hall–Kier alpha value is -2.81. The van der Waals surface area contributed by atoms with Crippen molar-refractivity contribution in [2.45, 2.75) is 33.4 Å². The molecule has 0 atom stereocenters. The molecular formula is C16H20N4O5. The van der Waals surface area contributed by atoms with Crippen LogP contribution in [0.2, 0.25) is 0 Å². The van der Waals surface area contributed by atoms with Crippen LogP contribution in [0.1, 0.15) is 26.7 Å². The summed E-state index contributed by atoms with van der Waals surface area (Å²) in [5.41, 5.74) is 0.445. The van der Waals surface area contributed by atoms with Crippen LogP contribution < -0.4 is 0 Å². The van der Waals surface area contributed by atoms with Gasteiger partial charge in [0.1, 0.15) is 0 Å². The molecule has 0 aliphatic rings. The largest absolute Gasteiger partial charge is 0.465 e. The first-order valence-corrected chi connectivity index (χ1v) is 7.87. The van der Waals surface area contributed by atoms with Crippen LogP contribution in [-0.4, -0.2) is 45.1 Å². The van der Waals surface area contributed by atoms with E-state index < -0.39 is 4.92 Å². The molecular weight excluding hydrogens is 328 g/mol. The number of hydrogen-bond acceptors (Lipinski definition) is 8. The average Bonchev–Trinajstić information content (AvgIpc) is 3.03. The summed E-state index contributed by atoms with van der Waals surface area (Å²) < 4.78 is 10.2. The highest BCUT2D eigenvalue weighted by Crippen LogP contribution is 2.21. The van der Waals surface area contributed by atoms with Crippen LogP contribution >= 0.6 is 0 Å². The molecule has 0 bridgehead atoms. The summed E-state index contributed by atoms with van der Waals surface area (Å²) in [4.78, 5) is 28.2. The lowest BCUT2D eigenvalue weighted by Gasteiger charge is -2.23. The van der Waals surface area contributed by atoms with Crippen molar-refractivity contribution in [3.05, 3.63) is 40.3 Å². The maximum Gasteiger partial charge on any atom is 0.320 e. The first kappa shape index (κ1) is 18.5. The number of hydrogen-bond donors (Lipinski definition) is 0. The van der Waals surface area contributed by atoms with Crippen molar-refractivity contribution in [2.75, 3.05) is 13.2 Å². The van der Waals surface area contributed by atoms with E-state index in [1.165, 1.54) is 12.1 Å². The highest BCUT2D eigenvalue weighted by atomic mass is 16.6. The number of esters is 1. The summed E-state index contributed by atoms with van der Waals surface area (Å²) in [6, 6.07) is 6.07. The van der Waals surface area contributed by atoms with Gasteiger partial charge < -0.3 is 9.26 Å². The van der Waals surface area contributed by atoms with Crippen molar-refractivity contribution in [1.29, 1.82) is 0 Å². The van der Waals surface area contributed by atoms with Gasteiger partial charge in [-0.25, -0.2) is 0 Å². The third-order valence-electron chi connectivity index (χ3n) is 3.49. The Bertz CT molecular complexity index is 744. The van der Waals surface area contributed by atoms with Gasteiger partial charge in [0.25, 0.3) is 5.69 Å². The van der Waals surface area contributed by atoms with Gasteiger partial charge in [0.15, 0.2) is 0 Å². The van der Waals surface area contributed by atoms with Gasteiger partial charge >= 0.3 is 5.97 Å². The molecule has 2 rings (SSSR count). The Morgan fingerprint density at radius 3 is 2.84 bits per heavy atom. The van der Waals surface area contributed by atoms with E-state index in [1.54, 1.807) is 19.1 Å². The van der Waals surface area contributed by atoms with Crippen LogP contribution in [0.4, 0.5) is 5.69 Å². The Morgan fingerprint density at radius 2 is 2.20 bits per heavy atom. The molecule has 9 heteroatoms. The number of aromatic nitrogens is 2. The third kappa shape index (κ3) is 5.08. The summed E-state index contributed by atoms with van der Waals surface area (Å²) in [5.74, 6) is 0.257. The molecule has 0 radical (unpaired) electrons. The Labute approximate surface area is 144 Å². The standard InChI is InChI=1S/C16H20N4O5/c1-4-24-15(21)10-19(11(2)3)9-14-17-16(18-25-14)12-6-5-7-13(8-12)20(22)23/h5-8,11H,4,9-10H2,1-3H3. The fourth-order valence-corrected chi connectivity index (χ4v) is 2.16. The van der Waals surface area contributed by atoms with Gasteiger partial charge in [0, 0.05) is 23.7 Å². The summed E-state index contributed by atoms with van der Waals surface area (Å²) >= 11 is 0. The van der Waals surface area contributed by atoms with E-state index in [9.17, 15) is 14.9 Å². The van der Waals surface area contributed by atoms with E-state index in [0.717, 1.165) is 0 Å². The van der Waals surface area contributed by atoms with Crippen LogP contribution in [0.3, 0.4) is 0 Å². The lowest BCUT2D eigenvalue weighted by molar-refractivity contribution is -0.384.